The number of halogens is 1. The summed E-state index contributed by atoms with van der Waals surface area (Å²) >= 11 is 0. The van der Waals surface area contributed by atoms with Crippen LogP contribution in [0, 0.1) is 5.82 Å². The second-order valence-electron chi connectivity index (χ2n) is 4.35. The highest BCUT2D eigenvalue weighted by atomic mass is 19.1. The van der Waals surface area contributed by atoms with Crippen LogP contribution in [0.5, 0.6) is 0 Å². The molecular formula is C15H11FN4O2. The Bertz CT molecular complexity index is 817. The van der Waals surface area contributed by atoms with Gasteiger partial charge in [-0.05, 0) is 24.3 Å². The van der Waals surface area contributed by atoms with Crippen LogP contribution in [-0.2, 0) is 4.74 Å². The van der Waals surface area contributed by atoms with E-state index in [2.05, 4.69) is 19.8 Å². The molecule has 2 heterocycles. The van der Waals surface area contributed by atoms with E-state index in [1.165, 1.54) is 36.3 Å². The molecule has 0 atom stereocenters. The summed E-state index contributed by atoms with van der Waals surface area (Å²) < 4.78 is 20.0. The quantitative estimate of drug-likeness (QED) is 0.694. The number of esters is 1. The third-order valence-electron chi connectivity index (χ3n) is 3.00. The van der Waals surface area contributed by atoms with Gasteiger partial charge in [0.1, 0.15) is 5.82 Å². The van der Waals surface area contributed by atoms with Crippen molar-refractivity contribution >= 4 is 5.97 Å². The molecule has 3 rings (SSSR count). The number of benzene rings is 1. The molecule has 0 unspecified atom stereocenters. The number of carbonyl (C=O) groups is 1. The first-order valence-electron chi connectivity index (χ1n) is 6.41. The Labute approximate surface area is 125 Å². The van der Waals surface area contributed by atoms with Gasteiger partial charge in [-0.25, -0.2) is 19.2 Å². The fourth-order valence-corrected chi connectivity index (χ4v) is 2.00. The lowest BCUT2D eigenvalue weighted by atomic mass is 10.1. The van der Waals surface area contributed by atoms with Crippen molar-refractivity contribution in [2.24, 2.45) is 0 Å². The van der Waals surface area contributed by atoms with Crippen LogP contribution in [-0.4, -0.2) is 32.8 Å². The first-order valence-corrected chi connectivity index (χ1v) is 6.41. The molecule has 0 aliphatic rings. The SMILES string of the molecule is COC(=O)c1cc(-c2ccccc2F)n(-c2ncccn2)n1. The molecule has 0 saturated carbocycles. The molecule has 0 amide bonds. The van der Waals surface area contributed by atoms with Crippen LogP contribution in [0.4, 0.5) is 4.39 Å². The van der Waals surface area contributed by atoms with E-state index in [0.717, 1.165) is 0 Å². The number of hydrogen-bond donors (Lipinski definition) is 0. The Kier molecular flexibility index (Phi) is 3.61. The molecule has 22 heavy (non-hydrogen) atoms. The molecular weight excluding hydrogens is 287 g/mol. The number of methoxy groups -OCH3 is 1. The van der Waals surface area contributed by atoms with E-state index in [1.807, 2.05) is 0 Å². The van der Waals surface area contributed by atoms with Crippen LogP contribution in [0.2, 0.25) is 0 Å². The monoisotopic (exact) mass is 298 g/mol. The van der Waals surface area contributed by atoms with Gasteiger partial charge in [0, 0.05) is 18.0 Å². The molecule has 0 bridgehead atoms. The molecule has 6 nitrogen and oxygen atoms in total. The van der Waals surface area contributed by atoms with Crippen molar-refractivity contribution in [2.75, 3.05) is 7.11 Å². The molecule has 0 N–H and O–H groups in total. The third kappa shape index (κ3) is 2.44. The molecule has 2 aromatic heterocycles. The second kappa shape index (κ2) is 5.72. The van der Waals surface area contributed by atoms with E-state index in [1.54, 1.807) is 24.3 Å². The normalized spacial score (nSPS) is 10.5. The van der Waals surface area contributed by atoms with E-state index in [0.29, 0.717) is 5.69 Å². The maximum atomic E-state index is 14.1. The van der Waals surface area contributed by atoms with E-state index < -0.39 is 11.8 Å². The molecule has 0 fully saturated rings. The minimum atomic E-state index is -0.618. The van der Waals surface area contributed by atoms with Crippen LogP contribution in [0.1, 0.15) is 10.5 Å². The Hall–Kier alpha value is -3.09. The van der Waals surface area contributed by atoms with Crippen molar-refractivity contribution in [1.29, 1.82) is 0 Å². The minimum absolute atomic E-state index is 0.0493. The van der Waals surface area contributed by atoms with Crippen molar-refractivity contribution < 1.29 is 13.9 Å². The van der Waals surface area contributed by atoms with Crippen LogP contribution >= 0.6 is 0 Å². The van der Waals surface area contributed by atoms with Crippen molar-refractivity contribution in [1.82, 2.24) is 19.7 Å². The number of aromatic nitrogens is 4. The lowest BCUT2D eigenvalue weighted by Gasteiger charge is -2.05. The van der Waals surface area contributed by atoms with Crippen LogP contribution in [0.15, 0.2) is 48.8 Å². The highest BCUT2D eigenvalue weighted by Gasteiger charge is 2.19. The highest BCUT2D eigenvalue weighted by Crippen LogP contribution is 2.25. The fourth-order valence-electron chi connectivity index (χ4n) is 2.00. The summed E-state index contributed by atoms with van der Waals surface area (Å²) in [4.78, 5) is 19.9. The highest BCUT2D eigenvalue weighted by molar-refractivity contribution is 5.88. The Morgan fingerprint density at radius 3 is 2.59 bits per heavy atom. The molecule has 3 aromatic rings. The van der Waals surface area contributed by atoms with Gasteiger partial charge in [0.15, 0.2) is 5.69 Å². The lowest BCUT2D eigenvalue weighted by molar-refractivity contribution is 0.0593. The summed E-state index contributed by atoms with van der Waals surface area (Å²) in [5.74, 6) is -0.820. The summed E-state index contributed by atoms with van der Waals surface area (Å²) in [7, 11) is 1.25. The maximum absolute atomic E-state index is 14.1. The summed E-state index contributed by atoms with van der Waals surface area (Å²) in [5, 5.41) is 4.12. The van der Waals surface area contributed by atoms with Crippen LogP contribution < -0.4 is 0 Å². The Morgan fingerprint density at radius 1 is 1.18 bits per heavy atom. The number of rotatable bonds is 3. The van der Waals surface area contributed by atoms with Crippen molar-refractivity contribution in [2.45, 2.75) is 0 Å². The summed E-state index contributed by atoms with van der Waals surface area (Å²) in [5.41, 5.74) is 0.704. The van der Waals surface area contributed by atoms with Gasteiger partial charge in [-0.15, -0.1) is 0 Å². The van der Waals surface area contributed by atoms with Gasteiger partial charge in [-0.3, -0.25) is 0 Å². The zero-order chi connectivity index (χ0) is 15.5. The third-order valence-corrected chi connectivity index (χ3v) is 3.00. The van der Waals surface area contributed by atoms with Crippen molar-refractivity contribution in [3.05, 3.63) is 60.3 Å². The predicted molar refractivity (Wildman–Crippen MR) is 75.9 cm³/mol. The van der Waals surface area contributed by atoms with Gasteiger partial charge in [-0.2, -0.15) is 9.78 Å². The average molecular weight is 298 g/mol. The van der Waals surface area contributed by atoms with Gasteiger partial charge in [-0.1, -0.05) is 12.1 Å². The molecule has 0 radical (unpaired) electrons. The van der Waals surface area contributed by atoms with E-state index in [4.69, 9.17) is 0 Å². The minimum Gasteiger partial charge on any atom is -0.464 e. The number of ether oxygens (including phenoxy) is 1. The summed E-state index contributed by atoms with van der Waals surface area (Å²) in [6.07, 6.45) is 3.07. The molecule has 110 valence electrons. The number of carbonyl (C=O) groups excluding carboxylic acids is 1. The van der Waals surface area contributed by atoms with E-state index in [-0.39, 0.29) is 17.2 Å². The number of nitrogens with zero attached hydrogens (tertiary/aromatic N) is 4. The molecule has 0 aliphatic heterocycles. The first kappa shape index (κ1) is 13.9. The van der Waals surface area contributed by atoms with Crippen LogP contribution in [0.25, 0.3) is 17.2 Å². The standard InChI is InChI=1S/C15H11FN4O2/c1-22-14(21)12-9-13(10-5-2-3-6-11(10)16)20(19-12)15-17-7-4-8-18-15/h2-9H,1H3. The van der Waals surface area contributed by atoms with Crippen LogP contribution in [0.3, 0.4) is 0 Å². The smallest absolute Gasteiger partial charge is 0.358 e. The van der Waals surface area contributed by atoms with E-state index in [9.17, 15) is 9.18 Å². The molecule has 0 spiro atoms. The Morgan fingerprint density at radius 2 is 1.91 bits per heavy atom. The predicted octanol–water partition coefficient (Wildman–Crippen LogP) is 2.25. The maximum Gasteiger partial charge on any atom is 0.358 e. The van der Waals surface area contributed by atoms with Crippen molar-refractivity contribution in [3.8, 4) is 17.2 Å². The van der Waals surface area contributed by atoms with Gasteiger partial charge in [0.25, 0.3) is 5.95 Å². The van der Waals surface area contributed by atoms with Gasteiger partial charge in [0.2, 0.25) is 0 Å². The summed E-state index contributed by atoms with van der Waals surface area (Å²) in [6.45, 7) is 0. The summed E-state index contributed by atoms with van der Waals surface area (Å²) in [6, 6.07) is 9.29. The lowest BCUT2D eigenvalue weighted by Crippen LogP contribution is -2.07. The largest absolute Gasteiger partial charge is 0.464 e. The molecule has 0 aliphatic carbocycles. The zero-order valence-corrected chi connectivity index (χ0v) is 11.6. The van der Waals surface area contributed by atoms with Gasteiger partial charge >= 0.3 is 5.97 Å². The van der Waals surface area contributed by atoms with Crippen molar-refractivity contribution in [3.63, 3.8) is 0 Å². The van der Waals surface area contributed by atoms with E-state index >= 15 is 0 Å². The van der Waals surface area contributed by atoms with Gasteiger partial charge < -0.3 is 4.74 Å². The average Bonchev–Trinajstić information content (AvgIpc) is 3.00. The topological polar surface area (TPSA) is 69.9 Å². The fraction of sp³-hybridized carbons (Fsp3) is 0.0667. The molecule has 7 heteroatoms. The second-order valence-corrected chi connectivity index (χ2v) is 4.35. The van der Waals surface area contributed by atoms with Gasteiger partial charge in [0.05, 0.1) is 12.8 Å². The molecule has 0 saturated heterocycles. The Balaban J connectivity index is 2.22. The zero-order valence-electron chi connectivity index (χ0n) is 11.6. The number of hydrogen-bond acceptors (Lipinski definition) is 5. The first-order chi connectivity index (χ1) is 10.7. The molecule has 1 aromatic carbocycles.